The Morgan fingerprint density at radius 3 is 2.15 bits per heavy atom. The zero-order valence-corrected chi connectivity index (χ0v) is 18.7. The van der Waals surface area contributed by atoms with Crippen LogP contribution in [0.4, 0.5) is 11.4 Å². The van der Waals surface area contributed by atoms with Crippen molar-refractivity contribution in [1.82, 2.24) is 4.90 Å². The zero-order chi connectivity index (χ0) is 23.6. The van der Waals surface area contributed by atoms with Gasteiger partial charge in [0, 0.05) is 23.7 Å². The van der Waals surface area contributed by atoms with E-state index in [0.29, 0.717) is 21.8 Å². The van der Waals surface area contributed by atoms with Crippen molar-refractivity contribution in [3.63, 3.8) is 0 Å². The van der Waals surface area contributed by atoms with Gasteiger partial charge in [-0.1, -0.05) is 35.9 Å². The van der Waals surface area contributed by atoms with Gasteiger partial charge in [0.2, 0.25) is 5.91 Å². The highest BCUT2D eigenvalue weighted by atomic mass is 35.5. The summed E-state index contributed by atoms with van der Waals surface area (Å²) in [5.41, 5.74) is 1.19. The van der Waals surface area contributed by atoms with Crippen LogP contribution in [0.5, 0.6) is 0 Å². The average molecular weight is 484 g/mol. The van der Waals surface area contributed by atoms with E-state index in [1.165, 1.54) is 30.3 Å². The summed E-state index contributed by atoms with van der Waals surface area (Å²) in [6, 6.07) is 18.5. The Kier molecular flexibility index (Phi) is 6.17. The maximum atomic E-state index is 12.7. The maximum Gasteiger partial charge on any atom is 0.261 e. The highest BCUT2D eigenvalue weighted by molar-refractivity contribution is 7.92. The smallest absolute Gasteiger partial charge is 0.261 e. The standard InChI is InChI=1S/C23H18ClN3O5S/c24-15-5-3-7-17(13-15)26-33(31,32)18-8-4-6-16(14-18)25-21(28)11-12-27-22(29)19-9-1-2-10-20(19)23(27)30/h1-10,13-14,26H,11-12H2,(H,25,28). The number of anilines is 2. The zero-order valence-electron chi connectivity index (χ0n) is 17.1. The summed E-state index contributed by atoms with van der Waals surface area (Å²) in [5.74, 6) is -1.35. The van der Waals surface area contributed by atoms with Crippen LogP contribution in [0.2, 0.25) is 5.02 Å². The number of nitrogens with zero attached hydrogens (tertiary/aromatic N) is 1. The lowest BCUT2D eigenvalue weighted by Gasteiger charge is -2.14. The van der Waals surface area contributed by atoms with Crippen molar-refractivity contribution in [1.29, 1.82) is 0 Å². The van der Waals surface area contributed by atoms with E-state index in [1.54, 1.807) is 42.5 Å². The molecule has 3 amide bonds. The maximum absolute atomic E-state index is 12.7. The Morgan fingerprint density at radius 2 is 1.48 bits per heavy atom. The van der Waals surface area contributed by atoms with Gasteiger partial charge in [0.25, 0.3) is 21.8 Å². The number of halogens is 1. The lowest BCUT2D eigenvalue weighted by Crippen LogP contribution is -2.32. The molecule has 33 heavy (non-hydrogen) atoms. The van der Waals surface area contributed by atoms with E-state index >= 15 is 0 Å². The molecular weight excluding hydrogens is 466 g/mol. The van der Waals surface area contributed by atoms with Crippen molar-refractivity contribution in [2.45, 2.75) is 11.3 Å². The normalized spacial score (nSPS) is 13.1. The molecule has 0 atom stereocenters. The van der Waals surface area contributed by atoms with E-state index in [9.17, 15) is 22.8 Å². The molecule has 3 aromatic carbocycles. The number of fused-ring (bicyclic) bond motifs is 1. The number of rotatable bonds is 7. The minimum atomic E-state index is -3.92. The number of carbonyl (C=O) groups is 3. The van der Waals surface area contributed by atoms with E-state index in [1.807, 2.05) is 0 Å². The molecule has 0 unspecified atom stereocenters. The molecule has 4 rings (SSSR count). The van der Waals surface area contributed by atoms with E-state index in [2.05, 4.69) is 10.0 Å². The van der Waals surface area contributed by atoms with E-state index < -0.39 is 27.7 Å². The Bertz CT molecular complexity index is 1340. The lowest BCUT2D eigenvalue weighted by molar-refractivity contribution is -0.116. The molecule has 10 heteroatoms. The molecule has 2 N–H and O–H groups in total. The Hall–Kier alpha value is -3.69. The SMILES string of the molecule is O=C(CCN1C(=O)c2ccccc2C1=O)Nc1cccc(S(=O)(=O)Nc2cccc(Cl)c2)c1. The molecule has 0 bridgehead atoms. The van der Waals surface area contributed by atoms with Crippen LogP contribution in [-0.2, 0) is 14.8 Å². The predicted octanol–water partition coefficient (Wildman–Crippen LogP) is 3.77. The molecular formula is C23H18ClN3O5S. The molecule has 0 spiro atoms. The molecule has 1 heterocycles. The van der Waals surface area contributed by atoms with Crippen LogP contribution in [0.1, 0.15) is 27.1 Å². The molecule has 0 aliphatic carbocycles. The second-order valence-corrected chi connectivity index (χ2v) is 9.37. The van der Waals surface area contributed by atoms with Gasteiger partial charge in [0.15, 0.2) is 0 Å². The van der Waals surface area contributed by atoms with Crippen molar-refractivity contribution in [2.24, 2.45) is 0 Å². The van der Waals surface area contributed by atoms with E-state index in [0.717, 1.165) is 4.90 Å². The second-order valence-electron chi connectivity index (χ2n) is 7.25. The fourth-order valence-electron chi connectivity index (χ4n) is 3.39. The Balaban J connectivity index is 1.40. The Labute approximate surface area is 195 Å². The third-order valence-corrected chi connectivity index (χ3v) is 6.56. The van der Waals surface area contributed by atoms with Crippen molar-refractivity contribution in [2.75, 3.05) is 16.6 Å². The number of carbonyl (C=O) groups excluding carboxylic acids is 3. The van der Waals surface area contributed by atoms with Gasteiger partial charge < -0.3 is 5.32 Å². The van der Waals surface area contributed by atoms with Crippen LogP contribution >= 0.6 is 11.6 Å². The summed E-state index contributed by atoms with van der Waals surface area (Å²) in [7, 11) is -3.92. The van der Waals surface area contributed by atoms with Gasteiger partial charge in [0.1, 0.15) is 0 Å². The van der Waals surface area contributed by atoms with Crippen LogP contribution in [0.25, 0.3) is 0 Å². The fourth-order valence-corrected chi connectivity index (χ4v) is 4.67. The van der Waals surface area contributed by atoms with Gasteiger partial charge in [-0.2, -0.15) is 0 Å². The van der Waals surface area contributed by atoms with Crippen LogP contribution in [-0.4, -0.2) is 37.6 Å². The Morgan fingerprint density at radius 1 is 0.848 bits per heavy atom. The number of benzene rings is 3. The third-order valence-electron chi connectivity index (χ3n) is 4.95. The molecule has 0 saturated carbocycles. The lowest BCUT2D eigenvalue weighted by atomic mass is 10.1. The summed E-state index contributed by atoms with van der Waals surface area (Å²) >= 11 is 5.90. The van der Waals surface area contributed by atoms with Gasteiger partial charge in [0.05, 0.1) is 21.7 Å². The quantitative estimate of drug-likeness (QED) is 0.497. The molecule has 168 valence electrons. The number of imide groups is 1. The highest BCUT2D eigenvalue weighted by Gasteiger charge is 2.34. The number of sulfonamides is 1. The summed E-state index contributed by atoms with van der Waals surface area (Å²) in [5, 5.41) is 2.98. The van der Waals surface area contributed by atoms with Gasteiger partial charge >= 0.3 is 0 Å². The number of amides is 3. The fraction of sp³-hybridized carbons (Fsp3) is 0.0870. The first-order valence-corrected chi connectivity index (χ1v) is 11.7. The molecule has 0 aromatic heterocycles. The van der Waals surface area contributed by atoms with Gasteiger partial charge in [-0.15, -0.1) is 0 Å². The highest BCUT2D eigenvalue weighted by Crippen LogP contribution is 2.23. The largest absolute Gasteiger partial charge is 0.326 e. The first-order chi connectivity index (χ1) is 15.7. The van der Waals surface area contributed by atoms with Gasteiger partial charge in [-0.25, -0.2) is 8.42 Å². The average Bonchev–Trinajstić information content (AvgIpc) is 3.02. The van der Waals surface area contributed by atoms with Crippen molar-refractivity contribution >= 4 is 50.7 Å². The van der Waals surface area contributed by atoms with Crippen LogP contribution in [0, 0.1) is 0 Å². The molecule has 0 radical (unpaired) electrons. The molecule has 1 aliphatic rings. The minimum Gasteiger partial charge on any atom is -0.326 e. The summed E-state index contributed by atoms with van der Waals surface area (Å²) in [4.78, 5) is 38.2. The summed E-state index contributed by atoms with van der Waals surface area (Å²) < 4.78 is 27.8. The van der Waals surface area contributed by atoms with Gasteiger partial charge in [-0.05, 0) is 48.5 Å². The molecule has 0 fully saturated rings. The van der Waals surface area contributed by atoms with Crippen molar-refractivity contribution in [3.05, 3.63) is 88.9 Å². The first-order valence-electron chi connectivity index (χ1n) is 9.88. The minimum absolute atomic E-state index is 0.0550. The number of hydrogen-bond donors (Lipinski definition) is 2. The van der Waals surface area contributed by atoms with Crippen molar-refractivity contribution in [3.8, 4) is 0 Å². The molecule has 0 saturated heterocycles. The van der Waals surface area contributed by atoms with Crippen LogP contribution < -0.4 is 10.0 Å². The van der Waals surface area contributed by atoms with E-state index in [4.69, 9.17) is 11.6 Å². The van der Waals surface area contributed by atoms with Crippen molar-refractivity contribution < 1.29 is 22.8 Å². The predicted molar refractivity (Wildman–Crippen MR) is 124 cm³/mol. The van der Waals surface area contributed by atoms with Crippen LogP contribution in [0.15, 0.2) is 77.7 Å². The summed E-state index contributed by atoms with van der Waals surface area (Å²) in [6.07, 6.45) is -0.136. The second kappa shape index (κ2) is 9.05. The molecule has 8 nitrogen and oxygen atoms in total. The molecule has 3 aromatic rings. The van der Waals surface area contributed by atoms with E-state index in [-0.39, 0.29) is 23.5 Å². The topological polar surface area (TPSA) is 113 Å². The van der Waals surface area contributed by atoms with Crippen LogP contribution in [0.3, 0.4) is 0 Å². The third kappa shape index (κ3) is 4.89. The first kappa shape index (κ1) is 22.5. The number of nitrogens with one attached hydrogen (secondary N) is 2. The molecule has 1 aliphatic heterocycles. The van der Waals surface area contributed by atoms with Gasteiger partial charge in [-0.3, -0.25) is 24.0 Å². The monoisotopic (exact) mass is 483 g/mol. The number of hydrogen-bond acceptors (Lipinski definition) is 5. The summed E-state index contributed by atoms with van der Waals surface area (Å²) in [6.45, 7) is -0.0908.